The Kier molecular flexibility index (Phi) is 3.84. The van der Waals surface area contributed by atoms with Gasteiger partial charge in [-0.3, -0.25) is 9.58 Å². The van der Waals surface area contributed by atoms with Crippen LogP contribution in [0.15, 0.2) is 12.4 Å². The Balaban J connectivity index is 2.06. The Hall–Kier alpha value is -0.870. The number of hydrogen-bond acceptors (Lipinski definition) is 3. The largest absolute Gasteiger partial charge is 0.330 e. The molecule has 1 saturated carbocycles. The van der Waals surface area contributed by atoms with E-state index >= 15 is 0 Å². The summed E-state index contributed by atoms with van der Waals surface area (Å²) in [7, 11) is 4.19. The molecule has 1 aliphatic carbocycles. The van der Waals surface area contributed by atoms with Gasteiger partial charge in [-0.05, 0) is 39.3 Å². The minimum atomic E-state index is 0.417. The maximum absolute atomic E-state index is 5.86. The molecule has 4 heteroatoms. The van der Waals surface area contributed by atoms with Crippen LogP contribution in [-0.4, -0.2) is 34.3 Å². The molecular formula is C13H24N4. The summed E-state index contributed by atoms with van der Waals surface area (Å²) < 4.78 is 1.87. The van der Waals surface area contributed by atoms with Gasteiger partial charge >= 0.3 is 0 Å². The molecule has 1 aromatic rings. The first kappa shape index (κ1) is 12.6. The monoisotopic (exact) mass is 236 g/mol. The molecule has 4 nitrogen and oxygen atoms in total. The van der Waals surface area contributed by atoms with E-state index in [4.69, 9.17) is 5.73 Å². The molecule has 0 radical (unpaired) electrons. The van der Waals surface area contributed by atoms with Crippen LogP contribution in [0.1, 0.15) is 37.8 Å². The molecule has 3 atom stereocenters. The van der Waals surface area contributed by atoms with Crippen molar-refractivity contribution in [3.05, 3.63) is 18.0 Å². The van der Waals surface area contributed by atoms with E-state index in [9.17, 15) is 0 Å². The molecule has 96 valence electrons. The molecule has 2 rings (SSSR count). The zero-order chi connectivity index (χ0) is 12.4. The summed E-state index contributed by atoms with van der Waals surface area (Å²) in [4.78, 5) is 2.47. The van der Waals surface area contributed by atoms with Gasteiger partial charge in [0.25, 0.3) is 0 Å². The molecule has 1 aliphatic rings. The molecular weight excluding hydrogens is 212 g/mol. The minimum Gasteiger partial charge on any atom is -0.330 e. The summed E-state index contributed by atoms with van der Waals surface area (Å²) in [5.41, 5.74) is 7.15. The van der Waals surface area contributed by atoms with Crippen molar-refractivity contribution in [2.75, 3.05) is 13.6 Å². The highest BCUT2D eigenvalue weighted by Crippen LogP contribution is 2.33. The number of aromatic nitrogens is 2. The smallest absolute Gasteiger partial charge is 0.0537 e. The predicted octanol–water partition coefficient (Wildman–Crippen LogP) is 1.54. The van der Waals surface area contributed by atoms with Crippen LogP contribution in [-0.2, 0) is 7.05 Å². The van der Waals surface area contributed by atoms with Gasteiger partial charge in [-0.1, -0.05) is 6.42 Å². The molecule has 0 aromatic carbocycles. The quantitative estimate of drug-likeness (QED) is 0.862. The van der Waals surface area contributed by atoms with Crippen LogP contribution in [0.25, 0.3) is 0 Å². The maximum atomic E-state index is 5.86. The summed E-state index contributed by atoms with van der Waals surface area (Å²) in [5.74, 6) is 0.666. The lowest BCUT2D eigenvalue weighted by atomic mass is 10.00. The van der Waals surface area contributed by atoms with Crippen LogP contribution in [0.2, 0.25) is 0 Å². The van der Waals surface area contributed by atoms with Gasteiger partial charge in [-0.15, -0.1) is 0 Å². The van der Waals surface area contributed by atoms with Crippen molar-refractivity contribution in [3.8, 4) is 0 Å². The van der Waals surface area contributed by atoms with Crippen LogP contribution in [0.4, 0.5) is 0 Å². The number of rotatable bonds is 4. The average molecular weight is 236 g/mol. The van der Waals surface area contributed by atoms with Gasteiger partial charge < -0.3 is 5.73 Å². The van der Waals surface area contributed by atoms with Crippen molar-refractivity contribution in [1.29, 1.82) is 0 Å². The average Bonchev–Trinajstić information content (AvgIpc) is 2.95. The second kappa shape index (κ2) is 5.19. The van der Waals surface area contributed by atoms with Gasteiger partial charge in [-0.25, -0.2) is 0 Å². The standard InChI is InChI=1S/C13H24N4/c1-10(12-8-15-16(2)9-12)17(3)13-6-4-5-11(13)7-14/h8-11,13H,4-7,14H2,1-3H3. The van der Waals surface area contributed by atoms with Crippen molar-refractivity contribution in [1.82, 2.24) is 14.7 Å². The lowest BCUT2D eigenvalue weighted by Gasteiger charge is -2.33. The fourth-order valence-electron chi connectivity index (χ4n) is 3.01. The maximum Gasteiger partial charge on any atom is 0.0537 e. The fraction of sp³-hybridized carbons (Fsp3) is 0.769. The van der Waals surface area contributed by atoms with Crippen LogP contribution in [0, 0.1) is 5.92 Å². The van der Waals surface area contributed by atoms with Gasteiger partial charge in [-0.2, -0.15) is 5.10 Å². The SMILES string of the molecule is CC(c1cnn(C)c1)N(C)C1CCCC1CN. The third kappa shape index (κ3) is 2.53. The molecule has 2 N–H and O–H groups in total. The van der Waals surface area contributed by atoms with Crippen LogP contribution >= 0.6 is 0 Å². The van der Waals surface area contributed by atoms with Crippen LogP contribution < -0.4 is 5.73 Å². The molecule has 0 spiro atoms. The van der Waals surface area contributed by atoms with E-state index < -0.39 is 0 Å². The van der Waals surface area contributed by atoms with E-state index in [1.54, 1.807) is 0 Å². The van der Waals surface area contributed by atoms with Gasteiger partial charge in [0.1, 0.15) is 0 Å². The third-order valence-corrected chi connectivity index (χ3v) is 4.26. The zero-order valence-corrected chi connectivity index (χ0v) is 11.1. The topological polar surface area (TPSA) is 47.1 Å². The second-order valence-corrected chi connectivity index (χ2v) is 5.28. The third-order valence-electron chi connectivity index (χ3n) is 4.26. The van der Waals surface area contributed by atoms with Crippen molar-refractivity contribution in [2.45, 2.75) is 38.3 Å². The first-order valence-corrected chi connectivity index (χ1v) is 6.54. The first-order valence-electron chi connectivity index (χ1n) is 6.54. The van der Waals surface area contributed by atoms with E-state index in [2.05, 4.69) is 30.2 Å². The number of nitrogens with zero attached hydrogens (tertiary/aromatic N) is 3. The highest BCUT2D eigenvalue weighted by atomic mass is 15.2. The highest BCUT2D eigenvalue weighted by Gasteiger charge is 2.31. The Morgan fingerprint density at radius 3 is 2.94 bits per heavy atom. The van der Waals surface area contributed by atoms with E-state index in [1.807, 2.05) is 17.9 Å². The molecule has 1 fully saturated rings. The Morgan fingerprint density at radius 1 is 1.59 bits per heavy atom. The van der Waals surface area contributed by atoms with Crippen molar-refractivity contribution in [2.24, 2.45) is 18.7 Å². The predicted molar refractivity (Wildman–Crippen MR) is 69.6 cm³/mol. The molecule has 17 heavy (non-hydrogen) atoms. The zero-order valence-electron chi connectivity index (χ0n) is 11.1. The second-order valence-electron chi connectivity index (χ2n) is 5.28. The number of nitrogens with two attached hydrogens (primary N) is 1. The molecule has 0 amide bonds. The van der Waals surface area contributed by atoms with Crippen molar-refractivity contribution >= 4 is 0 Å². The van der Waals surface area contributed by atoms with Gasteiger partial charge in [0.15, 0.2) is 0 Å². The van der Waals surface area contributed by atoms with Gasteiger partial charge in [0, 0.05) is 30.9 Å². The summed E-state index contributed by atoms with van der Waals surface area (Å²) in [6.07, 6.45) is 7.95. The van der Waals surface area contributed by atoms with Crippen LogP contribution in [0.3, 0.4) is 0 Å². The Morgan fingerprint density at radius 2 is 2.35 bits per heavy atom. The van der Waals surface area contributed by atoms with Gasteiger partial charge in [0.2, 0.25) is 0 Å². The summed E-state index contributed by atoms with van der Waals surface area (Å²) in [6.45, 7) is 3.07. The van der Waals surface area contributed by atoms with E-state index in [0.717, 1.165) is 6.54 Å². The Bertz CT molecular complexity index is 360. The lowest BCUT2D eigenvalue weighted by Crippen LogP contribution is -2.39. The van der Waals surface area contributed by atoms with E-state index in [1.165, 1.54) is 24.8 Å². The highest BCUT2D eigenvalue weighted by molar-refractivity contribution is 5.10. The lowest BCUT2D eigenvalue weighted by molar-refractivity contribution is 0.152. The number of hydrogen-bond donors (Lipinski definition) is 1. The molecule has 1 aromatic heterocycles. The number of aryl methyl sites for hydroxylation is 1. The first-order chi connectivity index (χ1) is 8.13. The normalized spacial score (nSPS) is 26.6. The van der Waals surface area contributed by atoms with Crippen LogP contribution in [0.5, 0.6) is 0 Å². The minimum absolute atomic E-state index is 0.417. The van der Waals surface area contributed by atoms with Crippen molar-refractivity contribution < 1.29 is 0 Å². The summed E-state index contributed by atoms with van der Waals surface area (Å²) in [5, 5.41) is 4.25. The molecule has 0 aliphatic heterocycles. The van der Waals surface area contributed by atoms with E-state index in [0.29, 0.717) is 18.0 Å². The summed E-state index contributed by atoms with van der Waals surface area (Å²) in [6, 6.07) is 1.05. The summed E-state index contributed by atoms with van der Waals surface area (Å²) >= 11 is 0. The van der Waals surface area contributed by atoms with E-state index in [-0.39, 0.29) is 0 Å². The molecule has 0 saturated heterocycles. The van der Waals surface area contributed by atoms with Crippen molar-refractivity contribution in [3.63, 3.8) is 0 Å². The Labute approximate surface area is 104 Å². The molecule has 0 bridgehead atoms. The molecule has 1 heterocycles. The molecule has 3 unspecified atom stereocenters. The fourth-order valence-corrected chi connectivity index (χ4v) is 3.01. The van der Waals surface area contributed by atoms with Gasteiger partial charge in [0.05, 0.1) is 6.20 Å².